The first-order valence-electron chi connectivity index (χ1n) is 2.83. The molecule has 0 saturated carbocycles. The summed E-state index contributed by atoms with van der Waals surface area (Å²) in [5, 5.41) is 1.66. The molecule has 0 unspecified atom stereocenters. The molecule has 1 amide bonds. The van der Waals surface area contributed by atoms with Gasteiger partial charge in [0.25, 0.3) is 0 Å². The van der Waals surface area contributed by atoms with Crippen molar-refractivity contribution in [3.63, 3.8) is 0 Å². The van der Waals surface area contributed by atoms with Crippen LogP contribution in [0.1, 0.15) is 6.92 Å². The van der Waals surface area contributed by atoms with E-state index in [1.807, 2.05) is 0 Å². The SMILES string of the molecule is C=C(C)CNC(=O)C(F)(F)F. The molecular formula is C6H8F3NO. The molecule has 0 aromatic heterocycles. The molecule has 0 bridgehead atoms. The topological polar surface area (TPSA) is 29.1 Å². The summed E-state index contributed by atoms with van der Waals surface area (Å²) in [5.41, 5.74) is 0.475. The minimum absolute atomic E-state index is 0.141. The van der Waals surface area contributed by atoms with Gasteiger partial charge in [-0.3, -0.25) is 4.79 Å². The molecule has 0 aliphatic carbocycles. The second-order valence-corrected chi connectivity index (χ2v) is 2.14. The van der Waals surface area contributed by atoms with Gasteiger partial charge in [-0.2, -0.15) is 13.2 Å². The zero-order chi connectivity index (χ0) is 9.07. The van der Waals surface area contributed by atoms with Crippen molar-refractivity contribution in [2.75, 3.05) is 6.54 Å². The molecule has 11 heavy (non-hydrogen) atoms. The zero-order valence-corrected chi connectivity index (χ0v) is 5.96. The average Bonchev–Trinajstić information content (AvgIpc) is 1.80. The van der Waals surface area contributed by atoms with Crippen LogP contribution in [-0.2, 0) is 4.79 Å². The van der Waals surface area contributed by atoms with Crippen molar-refractivity contribution in [1.29, 1.82) is 0 Å². The Labute approximate surface area is 62.1 Å². The number of hydrogen-bond donors (Lipinski definition) is 1. The van der Waals surface area contributed by atoms with E-state index < -0.39 is 12.1 Å². The van der Waals surface area contributed by atoms with E-state index in [2.05, 4.69) is 6.58 Å². The number of halogens is 3. The molecule has 0 saturated heterocycles. The smallest absolute Gasteiger partial charge is 0.345 e. The van der Waals surface area contributed by atoms with Crippen molar-refractivity contribution >= 4 is 5.91 Å². The van der Waals surface area contributed by atoms with Gasteiger partial charge in [0.05, 0.1) is 0 Å². The lowest BCUT2D eigenvalue weighted by molar-refractivity contribution is -0.173. The predicted octanol–water partition coefficient (Wildman–Crippen LogP) is 1.24. The van der Waals surface area contributed by atoms with Crippen molar-refractivity contribution in [3.8, 4) is 0 Å². The molecular weight excluding hydrogens is 159 g/mol. The normalized spacial score (nSPS) is 10.9. The predicted molar refractivity (Wildman–Crippen MR) is 33.9 cm³/mol. The molecule has 64 valence electrons. The molecule has 0 atom stereocenters. The largest absolute Gasteiger partial charge is 0.471 e. The Bertz CT molecular complexity index is 173. The average molecular weight is 167 g/mol. The Hall–Kier alpha value is -1.00. The molecule has 2 nitrogen and oxygen atoms in total. The first-order valence-corrected chi connectivity index (χ1v) is 2.83. The minimum Gasteiger partial charge on any atom is -0.345 e. The number of amides is 1. The summed E-state index contributed by atoms with van der Waals surface area (Å²) >= 11 is 0. The Balaban J connectivity index is 3.80. The molecule has 0 spiro atoms. The van der Waals surface area contributed by atoms with Gasteiger partial charge in [-0.25, -0.2) is 0 Å². The Morgan fingerprint density at radius 2 is 2.00 bits per heavy atom. The fourth-order valence-corrected chi connectivity index (χ4v) is 0.331. The van der Waals surface area contributed by atoms with Gasteiger partial charge in [-0.1, -0.05) is 12.2 Å². The molecule has 0 radical (unpaired) electrons. The highest BCUT2D eigenvalue weighted by Gasteiger charge is 2.38. The van der Waals surface area contributed by atoms with E-state index >= 15 is 0 Å². The summed E-state index contributed by atoms with van der Waals surface area (Å²) in [4.78, 5) is 10.1. The van der Waals surface area contributed by atoms with Gasteiger partial charge in [-0.05, 0) is 6.92 Å². The first kappa shape index (κ1) is 10.0. The molecule has 0 aromatic rings. The minimum atomic E-state index is -4.80. The maximum atomic E-state index is 11.5. The molecule has 0 rings (SSSR count). The third-order valence-corrected chi connectivity index (χ3v) is 0.808. The zero-order valence-electron chi connectivity index (χ0n) is 5.96. The van der Waals surface area contributed by atoms with Crippen LogP contribution in [0.15, 0.2) is 12.2 Å². The highest BCUT2D eigenvalue weighted by Crippen LogP contribution is 2.13. The lowest BCUT2D eigenvalue weighted by atomic mass is 10.3. The summed E-state index contributed by atoms with van der Waals surface area (Å²) in [6, 6.07) is 0. The second-order valence-electron chi connectivity index (χ2n) is 2.14. The van der Waals surface area contributed by atoms with Crippen LogP contribution >= 0.6 is 0 Å². The summed E-state index contributed by atoms with van der Waals surface area (Å²) in [5.74, 6) is -1.93. The Morgan fingerprint density at radius 1 is 1.55 bits per heavy atom. The molecule has 0 aliphatic rings. The van der Waals surface area contributed by atoms with Crippen LogP contribution < -0.4 is 5.32 Å². The quantitative estimate of drug-likeness (QED) is 0.616. The molecule has 5 heteroatoms. The number of nitrogens with one attached hydrogen (secondary N) is 1. The Kier molecular flexibility index (Phi) is 3.10. The molecule has 0 heterocycles. The highest BCUT2D eigenvalue weighted by molar-refractivity contribution is 5.81. The van der Waals surface area contributed by atoms with E-state index in [0.717, 1.165) is 0 Å². The van der Waals surface area contributed by atoms with Gasteiger partial charge < -0.3 is 5.32 Å². The van der Waals surface area contributed by atoms with Gasteiger partial charge in [0.1, 0.15) is 0 Å². The summed E-state index contributed by atoms with van der Waals surface area (Å²) in [7, 11) is 0. The maximum Gasteiger partial charge on any atom is 0.471 e. The van der Waals surface area contributed by atoms with Crippen LogP contribution in [0.25, 0.3) is 0 Å². The van der Waals surface area contributed by atoms with Crippen LogP contribution in [0.4, 0.5) is 13.2 Å². The van der Waals surface area contributed by atoms with Crippen molar-refractivity contribution in [3.05, 3.63) is 12.2 Å². The van der Waals surface area contributed by atoms with Crippen LogP contribution in [0.2, 0.25) is 0 Å². The van der Waals surface area contributed by atoms with Gasteiger partial charge in [0.15, 0.2) is 0 Å². The van der Waals surface area contributed by atoms with Crippen LogP contribution in [0.3, 0.4) is 0 Å². The standard InChI is InChI=1S/C6H8F3NO/c1-4(2)3-10-5(11)6(7,8)9/h1,3H2,2H3,(H,10,11). The Morgan fingerprint density at radius 3 is 2.27 bits per heavy atom. The third-order valence-electron chi connectivity index (χ3n) is 0.808. The molecule has 0 aromatic carbocycles. The number of carbonyl (C=O) groups excluding carboxylic acids is 1. The van der Waals surface area contributed by atoms with Crippen molar-refractivity contribution in [1.82, 2.24) is 5.32 Å². The van der Waals surface area contributed by atoms with E-state index in [1.54, 1.807) is 5.32 Å². The molecule has 0 fully saturated rings. The van der Waals surface area contributed by atoms with E-state index in [-0.39, 0.29) is 6.54 Å². The highest BCUT2D eigenvalue weighted by atomic mass is 19.4. The van der Waals surface area contributed by atoms with Crippen LogP contribution in [-0.4, -0.2) is 18.6 Å². The lowest BCUT2D eigenvalue weighted by Gasteiger charge is -2.06. The van der Waals surface area contributed by atoms with Crippen LogP contribution in [0, 0.1) is 0 Å². The van der Waals surface area contributed by atoms with E-state index in [0.29, 0.717) is 5.57 Å². The fourth-order valence-electron chi connectivity index (χ4n) is 0.331. The van der Waals surface area contributed by atoms with Crippen LogP contribution in [0.5, 0.6) is 0 Å². The molecule has 1 N–H and O–H groups in total. The van der Waals surface area contributed by atoms with E-state index in [1.165, 1.54) is 6.92 Å². The van der Waals surface area contributed by atoms with Crippen molar-refractivity contribution in [2.45, 2.75) is 13.1 Å². The maximum absolute atomic E-state index is 11.5. The number of alkyl halides is 3. The summed E-state index contributed by atoms with van der Waals surface area (Å²) < 4.78 is 34.4. The first-order chi connectivity index (χ1) is 4.84. The monoisotopic (exact) mass is 167 g/mol. The van der Waals surface area contributed by atoms with Gasteiger partial charge in [-0.15, -0.1) is 0 Å². The number of rotatable bonds is 2. The van der Waals surface area contributed by atoms with E-state index in [4.69, 9.17) is 0 Å². The summed E-state index contributed by atoms with van der Waals surface area (Å²) in [6.07, 6.45) is -4.80. The summed E-state index contributed by atoms with van der Waals surface area (Å²) in [6.45, 7) is 4.71. The van der Waals surface area contributed by atoms with Crippen molar-refractivity contribution in [2.24, 2.45) is 0 Å². The lowest BCUT2D eigenvalue weighted by Crippen LogP contribution is -2.37. The van der Waals surface area contributed by atoms with E-state index in [9.17, 15) is 18.0 Å². The third kappa shape index (κ3) is 4.41. The second kappa shape index (κ2) is 3.41. The van der Waals surface area contributed by atoms with Crippen molar-refractivity contribution < 1.29 is 18.0 Å². The van der Waals surface area contributed by atoms with Gasteiger partial charge >= 0.3 is 12.1 Å². The number of carbonyl (C=O) groups is 1. The van der Waals surface area contributed by atoms with Gasteiger partial charge in [0, 0.05) is 6.54 Å². The number of hydrogen-bond acceptors (Lipinski definition) is 1. The fraction of sp³-hybridized carbons (Fsp3) is 0.500. The molecule has 0 aliphatic heterocycles. The van der Waals surface area contributed by atoms with Gasteiger partial charge in [0.2, 0.25) is 0 Å².